The fourth-order valence-corrected chi connectivity index (χ4v) is 2.34. The number of Topliss-reactive ketones (excluding diaryl/α,β-unsaturated/α-hetero) is 1. The van der Waals surface area contributed by atoms with Crippen LogP contribution in [0.1, 0.15) is 37.5 Å². The van der Waals surface area contributed by atoms with Crippen LogP contribution in [0.4, 0.5) is 0 Å². The Kier molecular flexibility index (Phi) is 2.25. The van der Waals surface area contributed by atoms with Crippen molar-refractivity contribution in [2.75, 3.05) is 0 Å². The Morgan fingerprint density at radius 1 is 1.44 bits per heavy atom. The summed E-state index contributed by atoms with van der Waals surface area (Å²) in [6.07, 6.45) is 0.579. The van der Waals surface area contributed by atoms with Gasteiger partial charge < -0.3 is 5.11 Å². The summed E-state index contributed by atoms with van der Waals surface area (Å²) in [5.74, 6) is 0.0298. The quantitative estimate of drug-likeness (QED) is 0.827. The number of benzene rings is 1. The maximum Gasteiger partial charge on any atom is 0.138 e. The summed E-state index contributed by atoms with van der Waals surface area (Å²) < 4.78 is 0. The summed E-state index contributed by atoms with van der Waals surface area (Å²) in [5.41, 5.74) is 1.50. The van der Waals surface area contributed by atoms with Crippen LogP contribution in [0.2, 0.25) is 0 Å². The SMILES string of the molecule is CC(=O)C(C)(C)C1(O)Cc2ccc(C)cc21. The number of carbonyl (C=O) groups excluding carboxylic acids is 1. The van der Waals surface area contributed by atoms with Crippen LogP contribution in [0.15, 0.2) is 18.2 Å². The molecule has 0 radical (unpaired) electrons. The fourth-order valence-electron chi connectivity index (χ4n) is 2.34. The molecule has 86 valence electrons. The van der Waals surface area contributed by atoms with Crippen molar-refractivity contribution in [3.05, 3.63) is 34.9 Å². The fraction of sp³-hybridized carbons (Fsp3) is 0.500. The number of carbonyl (C=O) groups is 1. The number of rotatable bonds is 2. The summed E-state index contributed by atoms with van der Waals surface area (Å²) in [7, 11) is 0. The van der Waals surface area contributed by atoms with Gasteiger partial charge in [-0.25, -0.2) is 0 Å². The van der Waals surface area contributed by atoms with Gasteiger partial charge >= 0.3 is 0 Å². The normalized spacial score (nSPS) is 23.6. The van der Waals surface area contributed by atoms with E-state index in [4.69, 9.17) is 0 Å². The first kappa shape index (κ1) is 11.3. The van der Waals surface area contributed by atoms with E-state index in [0.29, 0.717) is 6.42 Å². The van der Waals surface area contributed by atoms with Crippen LogP contribution in [0.5, 0.6) is 0 Å². The molecule has 2 heteroatoms. The second kappa shape index (κ2) is 3.17. The second-order valence-corrected chi connectivity index (χ2v) is 5.38. The van der Waals surface area contributed by atoms with Gasteiger partial charge in [-0.2, -0.15) is 0 Å². The minimum atomic E-state index is -0.986. The lowest BCUT2D eigenvalue weighted by atomic mass is 9.58. The smallest absolute Gasteiger partial charge is 0.138 e. The molecular weight excluding hydrogens is 200 g/mol. The molecule has 1 aliphatic carbocycles. The Bertz CT molecular complexity index is 460. The van der Waals surface area contributed by atoms with Gasteiger partial charge in [0.2, 0.25) is 0 Å². The molecule has 0 saturated carbocycles. The zero-order valence-electron chi connectivity index (χ0n) is 10.3. The van der Waals surface area contributed by atoms with Gasteiger partial charge in [-0.15, -0.1) is 0 Å². The van der Waals surface area contributed by atoms with Gasteiger partial charge in [-0.05, 0) is 38.8 Å². The molecule has 1 aromatic carbocycles. The minimum Gasteiger partial charge on any atom is -0.384 e. The average Bonchev–Trinajstić information content (AvgIpc) is 2.19. The Labute approximate surface area is 96.3 Å². The van der Waals surface area contributed by atoms with E-state index in [-0.39, 0.29) is 5.78 Å². The van der Waals surface area contributed by atoms with Crippen LogP contribution in [0, 0.1) is 12.3 Å². The predicted molar refractivity (Wildman–Crippen MR) is 63.2 cm³/mol. The molecule has 0 amide bonds. The van der Waals surface area contributed by atoms with Crippen molar-refractivity contribution in [3.63, 3.8) is 0 Å². The van der Waals surface area contributed by atoms with E-state index >= 15 is 0 Å². The molecule has 0 saturated heterocycles. The highest BCUT2D eigenvalue weighted by atomic mass is 16.3. The average molecular weight is 218 g/mol. The lowest BCUT2D eigenvalue weighted by Gasteiger charge is -2.49. The molecule has 16 heavy (non-hydrogen) atoms. The number of aliphatic hydroxyl groups is 1. The van der Waals surface area contributed by atoms with Gasteiger partial charge in [0, 0.05) is 6.42 Å². The van der Waals surface area contributed by atoms with Crippen LogP contribution < -0.4 is 0 Å². The van der Waals surface area contributed by atoms with Crippen LogP contribution in [-0.4, -0.2) is 10.9 Å². The summed E-state index contributed by atoms with van der Waals surface area (Å²) in [6, 6.07) is 6.07. The van der Waals surface area contributed by atoms with Crippen LogP contribution in [-0.2, 0) is 16.8 Å². The Hall–Kier alpha value is -1.15. The maximum absolute atomic E-state index is 11.6. The summed E-state index contributed by atoms with van der Waals surface area (Å²) in [6.45, 7) is 7.19. The lowest BCUT2D eigenvalue weighted by molar-refractivity contribution is -0.148. The molecule has 1 unspecified atom stereocenters. The number of aryl methyl sites for hydroxylation is 1. The zero-order chi connectivity index (χ0) is 12.1. The molecule has 1 atom stereocenters. The number of hydrogen-bond acceptors (Lipinski definition) is 2. The second-order valence-electron chi connectivity index (χ2n) is 5.38. The number of hydrogen-bond donors (Lipinski definition) is 1. The molecule has 0 fully saturated rings. The van der Waals surface area contributed by atoms with E-state index in [2.05, 4.69) is 0 Å². The Morgan fingerprint density at radius 3 is 2.62 bits per heavy atom. The number of fused-ring (bicyclic) bond motifs is 1. The molecule has 1 aromatic rings. The first-order valence-corrected chi connectivity index (χ1v) is 5.62. The standard InChI is InChI=1S/C14H18O2/c1-9-5-6-11-8-14(16,12(11)7-9)13(3,4)10(2)15/h5-7,16H,8H2,1-4H3. The Morgan fingerprint density at radius 2 is 2.06 bits per heavy atom. The third kappa shape index (κ3) is 1.26. The van der Waals surface area contributed by atoms with Crippen molar-refractivity contribution >= 4 is 5.78 Å². The third-order valence-corrected chi connectivity index (χ3v) is 4.07. The monoisotopic (exact) mass is 218 g/mol. The molecule has 2 rings (SSSR count). The van der Waals surface area contributed by atoms with Gasteiger partial charge in [-0.1, -0.05) is 23.8 Å². The first-order valence-electron chi connectivity index (χ1n) is 5.62. The minimum absolute atomic E-state index is 0.0298. The summed E-state index contributed by atoms with van der Waals surface area (Å²) in [4.78, 5) is 11.6. The van der Waals surface area contributed by atoms with Gasteiger partial charge in [0.05, 0.1) is 5.41 Å². The van der Waals surface area contributed by atoms with Crippen molar-refractivity contribution in [3.8, 4) is 0 Å². The molecule has 2 nitrogen and oxygen atoms in total. The Balaban J connectivity index is 2.49. The van der Waals surface area contributed by atoms with Crippen LogP contribution in [0.3, 0.4) is 0 Å². The zero-order valence-corrected chi connectivity index (χ0v) is 10.3. The molecule has 1 N–H and O–H groups in total. The van der Waals surface area contributed by atoms with E-state index in [0.717, 1.165) is 16.7 Å². The van der Waals surface area contributed by atoms with Crippen molar-refractivity contribution < 1.29 is 9.90 Å². The highest BCUT2D eigenvalue weighted by Crippen LogP contribution is 2.51. The van der Waals surface area contributed by atoms with Gasteiger partial charge in [0.1, 0.15) is 11.4 Å². The number of ketones is 1. The molecule has 0 bridgehead atoms. The topological polar surface area (TPSA) is 37.3 Å². The van der Waals surface area contributed by atoms with E-state index in [1.54, 1.807) is 6.92 Å². The molecule has 0 aliphatic heterocycles. The summed E-state index contributed by atoms with van der Waals surface area (Å²) in [5, 5.41) is 10.7. The van der Waals surface area contributed by atoms with E-state index in [1.807, 2.05) is 39.0 Å². The molecule has 1 aliphatic rings. The van der Waals surface area contributed by atoms with E-state index in [1.165, 1.54) is 0 Å². The third-order valence-electron chi connectivity index (χ3n) is 4.07. The van der Waals surface area contributed by atoms with Crippen molar-refractivity contribution in [1.82, 2.24) is 0 Å². The van der Waals surface area contributed by atoms with Crippen molar-refractivity contribution in [2.45, 2.75) is 39.7 Å². The van der Waals surface area contributed by atoms with Gasteiger partial charge in [0.15, 0.2) is 0 Å². The van der Waals surface area contributed by atoms with E-state index < -0.39 is 11.0 Å². The highest BCUT2D eigenvalue weighted by molar-refractivity contribution is 5.84. The maximum atomic E-state index is 11.6. The highest BCUT2D eigenvalue weighted by Gasteiger charge is 2.54. The molecular formula is C14H18O2. The van der Waals surface area contributed by atoms with Crippen LogP contribution in [0.25, 0.3) is 0 Å². The molecule has 0 heterocycles. The molecule has 0 aromatic heterocycles. The summed E-state index contributed by atoms with van der Waals surface area (Å²) >= 11 is 0. The first-order chi connectivity index (χ1) is 7.29. The van der Waals surface area contributed by atoms with Crippen LogP contribution >= 0.6 is 0 Å². The lowest BCUT2D eigenvalue weighted by Crippen LogP contribution is -2.53. The van der Waals surface area contributed by atoms with Gasteiger partial charge in [0.25, 0.3) is 0 Å². The predicted octanol–water partition coefficient (Wildman–Crippen LogP) is 2.35. The van der Waals surface area contributed by atoms with Crippen molar-refractivity contribution in [1.29, 1.82) is 0 Å². The largest absolute Gasteiger partial charge is 0.384 e. The van der Waals surface area contributed by atoms with Crippen molar-refractivity contribution in [2.24, 2.45) is 5.41 Å². The van der Waals surface area contributed by atoms with Gasteiger partial charge in [-0.3, -0.25) is 4.79 Å². The van der Waals surface area contributed by atoms with E-state index in [9.17, 15) is 9.90 Å². The molecule has 0 spiro atoms.